The highest BCUT2D eigenvalue weighted by Crippen LogP contribution is 2.33. The minimum Gasteiger partial charge on any atom is -0.493 e. The van der Waals surface area contributed by atoms with Crippen LogP contribution in [-0.4, -0.2) is 43.6 Å². The van der Waals surface area contributed by atoms with Crippen molar-refractivity contribution in [1.82, 2.24) is 4.98 Å². The molecule has 9 heteroatoms. The monoisotopic (exact) mass is 426 g/mol. The Morgan fingerprint density at radius 3 is 2.70 bits per heavy atom. The highest BCUT2D eigenvalue weighted by Gasteiger charge is 2.17. The number of aromatic nitrogens is 1. The average molecular weight is 426 g/mol. The van der Waals surface area contributed by atoms with E-state index in [9.17, 15) is 9.59 Å². The Hall–Kier alpha value is -3.33. The topological polar surface area (TPSA) is 107 Å². The normalized spacial score (nSPS) is 13.4. The number of hydrogen-bond donors (Lipinski definition) is 2. The summed E-state index contributed by atoms with van der Waals surface area (Å²) in [5.74, 6) is -0.186. The number of anilines is 2. The van der Waals surface area contributed by atoms with E-state index in [2.05, 4.69) is 10.2 Å². The molecule has 2 amide bonds. The molecule has 156 valence electrons. The van der Waals surface area contributed by atoms with Gasteiger partial charge in [0.25, 0.3) is 11.8 Å². The lowest BCUT2D eigenvalue weighted by molar-refractivity contribution is -0.119. The molecule has 30 heavy (non-hydrogen) atoms. The summed E-state index contributed by atoms with van der Waals surface area (Å²) in [5.41, 5.74) is 7.12. The van der Waals surface area contributed by atoms with E-state index in [4.69, 9.17) is 20.2 Å². The third-order valence-corrected chi connectivity index (χ3v) is 5.89. The maximum absolute atomic E-state index is 12.7. The van der Waals surface area contributed by atoms with Gasteiger partial charge in [-0.2, -0.15) is 0 Å². The van der Waals surface area contributed by atoms with E-state index in [0.29, 0.717) is 22.7 Å². The number of nitrogens with two attached hydrogens (primary N) is 1. The lowest BCUT2D eigenvalue weighted by Gasteiger charge is -2.11. The molecule has 4 rings (SSSR count). The molecule has 0 spiro atoms. The standard InChI is InChI=1S/C21H22N4O4S/c1-28-17-10-13(4-7-16(17)29-12-19(22)26)20(27)23-14-5-6-15-18(11-14)30-21(24-15)25-8-2-3-9-25/h4-7,10-11H,2-3,8-9,12H2,1H3,(H2,22,26)(H,23,27). The van der Waals surface area contributed by atoms with Gasteiger partial charge in [0.05, 0.1) is 17.3 Å². The number of amides is 2. The van der Waals surface area contributed by atoms with Gasteiger partial charge in [0.2, 0.25) is 0 Å². The van der Waals surface area contributed by atoms with Crippen LogP contribution in [0, 0.1) is 0 Å². The Bertz CT molecular complexity index is 1090. The molecule has 0 aliphatic carbocycles. The quantitative estimate of drug-likeness (QED) is 0.601. The molecule has 2 heterocycles. The zero-order chi connectivity index (χ0) is 21.1. The summed E-state index contributed by atoms with van der Waals surface area (Å²) in [5, 5.41) is 3.94. The number of fused-ring (bicyclic) bond motifs is 1. The summed E-state index contributed by atoms with van der Waals surface area (Å²) >= 11 is 1.64. The van der Waals surface area contributed by atoms with Gasteiger partial charge in [-0.15, -0.1) is 0 Å². The van der Waals surface area contributed by atoms with Crippen LogP contribution in [0.4, 0.5) is 10.8 Å². The zero-order valence-electron chi connectivity index (χ0n) is 16.5. The van der Waals surface area contributed by atoms with Gasteiger partial charge >= 0.3 is 0 Å². The number of nitrogens with zero attached hydrogens (tertiary/aromatic N) is 2. The van der Waals surface area contributed by atoms with E-state index in [1.54, 1.807) is 29.5 Å². The van der Waals surface area contributed by atoms with Crippen molar-refractivity contribution >= 4 is 44.2 Å². The Morgan fingerprint density at radius 1 is 1.17 bits per heavy atom. The molecule has 3 N–H and O–H groups in total. The van der Waals surface area contributed by atoms with E-state index >= 15 is 0 Å². The molecule has 1 aliphatic heterocycles. The van der Waals surface area contributed by atoms with Crippen LogP contribution in [0.25, 0.3) is 10.2 Å². The van der Waals surface area contributed by atoms with Crippen LogP contribution >= 0.6 is 11.3 Å². The molecule has 0 unspecified atom stereocenters. The molecule has 0 bridgehead atoms. The molecule has 1 saturated heterocycles. The molecule has 8 nitrogen and oxygen atoms in total. The number of thiazole rings is 1. The van der Waals surface area contributed by atoms with Crippen molar-refractivity contribution < 1.29 is 19.1 Å². The minimum absolute atomic E-state index is 0.268. The first-order valence-electron chi connectivity index (χ1n) is 9.59. The Kier molecular flexibility index (Phi) is 5.71. The van der Waals surface area contributed by atoms with Crippen molar-refractivity contribution in [2.24, 2.45) is 5.73 Å². The molecule has 3 aromatic rings. The van der Waals surface area contributed by atoms with Crippen molar-refractivity contribution in [3.05, 3.63) is 42.0 Å². The molecule has 1 aliphatic rings. The van der Waals surface area contributed by atoms with Crippen molar-refractivity contribution in [2.75, 3.05) is 37.0 Å². The third kappa shape index (κ3) is 4.30. The van der Waals surface area contributed by atoms with Crippen molar-refractivity contribution in [3.63, 3.8) is 0 Å². The van der Waals surface area contributed by atoms with Crippen LogP contribution in [-0.2, 0) is 4.79 Å². The second kappa shape index (κ2) is 8.58. The summed E-state index contributed by atoms with van der Waals surface area (Å²) in [6, 6.07) is 10.4. The van der Waals surface area contributed by atoms with E-state index in [0.717, 1.165) is 28.4 Å². The van der Waals surface area contributed by atoms with Crippen LogP contribution in [0.2, 0.25) is 0 Å². The van der Waals surface area contributed by atoms with Gasteiger partial charge in [0, 0.05) is 24.3 Å². The number of primary amides is 1. The van der Waals surface area contributed by atoms with Gasteiger partial charge in [-0.1, -0.05) is 11.3 Å². The number of carbonyl (C=O) groups excluding carboxylic acids is 2. The van der Waals surface area contributed by atoms with E-state index in [1.807, 2.05) is 18.2 Å². The molecule has 1 aromatic heterocycles. The first kappa shape index (κ1) is 20.0. The Labute approximate surface area is 177 Å². The summed E-state index contributed by atoms with van der Waals surface area (Å²) in [6.07, 6.45) is 2.40. The summed E-state index contributed by atoms with van der Waals surface area (Å²) in [7, 11) is 1.46. The maximum Gasteiger partial charge on any atom is 0.255 e. The van der Waals surface area contributed by atoms with Gasteiger partial charge in [-0.05, 0) is 49.2 Å². The first-order valence-corrected chi connectivity index (χ1v) is 10.4. The summed E-state index contributed by atoms with van der Waals surface area (Å²) < 4.78 is 11.6. The van der Waals surface area contributed by atoms with E-state index < -0.39 is 5.91 Å². The highest BCUT2D eigenvalue weighted by atomic mass is 32.1. The molecule has 0 atom stereocenters. The SMILES string of the molecule is COc1cc(C(=O)Nc2ccc3nc(N4CCCC4)sc3c2)ccc1OCC(N)=O. The molecular formula is C21H22N4O4S. The largest absolute Gasteiger partial charge is 0.493 e. The number of hydrogen-bond acceptors (Lipinski definition) is 7. The molecule has 0 radical (unpaired) electrons. The zero-order valence-corrected chi connectivity index (χ0v) is 17.3. The Balaban J connectivity index is 1.50. The second-order valence-electron chi connectivity index (χ2n) is 6.95. The number of carbonyl (C=O) groups is 2. The van der Waals surface area contributed by atoms with Crippen molar-refractivity contribution in [1.29, 1.82) is 0 Å². The fourth-order valence-electron chi connectivity index (χ4n) is 3.31. The minimum atomic E-state index is -0.592. The lowest BCUT2D eigenvalue weighted by atomic mass is 10.1. The highest BCUT2D eigenvalue weighted by molar-refractivity contribution is 7.22. The van der Waals surface area contributed by atoms with Crippen LogP contribution in [0.3, 0.4) is 0 Å². The van der Waals surface area contributed by atoms with Crippen LogP contribution in [0.5, 0.6) is 11.5 Å². The first-order chi connectivity index (χ1) is 14.5. The third-order valence-electron chi connectivity index (χ3n) is 4.81. The number of nitrogens with one attached hydrogen (secondary N) is 1. The summed E-state index contributed by atoms with van der Waals surface area (Å²) in [4.78, 5) is 30.6. The predicted molar refractivity (Wildman–Crippen MR) is 117 cm³/mol. The Morgan fingerprint density at radius 2 is 1.97 bits per heavy atom. The van der Waals surface area contributed by atoms with Gasteiger partial charge in [-0.25, -0.2) is 4.98 Å². The summed E-state index contributed by atoms with van der Waals surface area (Å²) in [6.45, 7) is 1.82. The fraction of sp³-hybridized carbons (Fsp3) is 0.286. The van der Waals surface area contributed by atoms with Crippen LogP contribution in [0.1, 0.15) is 23.2 Å². The molecule has 1 fully saturated rings. The average Bonchev–Trinajstić information content (AvgIpc) is 3.41. The van der Waals surface area contributed by atoms with Gasteiger partial charge in [-0.3, -0.25) is 9.59 Å². The molecule has 0 saturated carbocycles. The lowest BCUT2D eigenvalue weighted by Crippen LogP contribution is -2.20. The van der Waals surface area contributed by atoms with Gasteiger partial charge < -0.3 is 25.4 Å². The maximum atomic E-state index is 12.7. The van der Waals surface area contributed by atoms with E-state index in [1.165, 1.54) is 20.0 Å². The molecular weight excluding hydrogens is 404 g/mol. The predicted octanol–water partition coefficient (Wildman–Crippen LogP) is 3.02. The number of benzene rings is 2. The smallest absolute Gasteiger partial charge is 0.255 e. The fourth-order valence-corrected chi connectivity index (χ4v) is 4.37. The van der Waals surface area contributed by atoms with Crippen LogP contribution < -0.4 is 25.4 Å². The van der Waals surface area contributed by atoms with Gasteiger partial charge in [0.1, 0.15) is 0 Å². The number of rotatable bonds is 7. The second-order valence-corrected chi connectivity index (χ2v) is 7.96. The van der Waals surface area contributed by atoms with Crippen LogP contribution in [0.15, 0.2) is 36.4 Å². The van der Waals surface area contributed by atoms with Gasteiger partial charge in [0.15, 0.2) is 23.2 Å². The molecule has 2 aromatic carbocycles. The van der Waals surface area contributed by atoms with Crippen molar-refractivity contribution in [2.45, 2.75) is 12.8 Å². The van der Waals surface area contributed by atoms with E-state index in [-0.39, 0.29) is 12.5 Å². The van der Waals surface area contributed by atoms with Crippen molar-refractivity contribution in [3.8, 4) is 11.5 Å². The number of methoxy groups -OCH3 is 1. The number of ether oxygens (including phenoxy) is 2.